The van der Waals surface area contributed by atoms with Crippen LogP contribution in [0.2, 0.25) is 0 Å². The van der Waals surface area contributed by atoms with E-state index in [0.717, 1.165) is 28.1 Å². The molecule has 1 N–H and O–H groups in total. The molecule has 0 saturated heterocycles. The van der Waals surface area contributed by atoms with Crippen molar-refractivity contribution >= 4 is 16.8 Å². The van der Waals surface area contributed by atoms with Crippen LogP contribution < -0.4 is 9.47 Å². The molecule has 0 spiro atoms. The molecule has 7 nitrogen and oxygen atoms in total. The summed E-state index contributed by atoms with van der Waals surface area (Å²) in [5.41, 5.74) is 3.09. The lowest BCUT2D eigenvalue weighted by Gasteiger charge is -2.16. The van der Waals surface area contributed by atoms with E-state index < -0.39 is 0 Å². The van der Waals surface area contributed by atoms with E-state index in [1.165, 1.54) is 19.2 Å². The number of aromatic amines is 1. The van der Waals surface area contributed by atoms with Crippen molar-refractivity contribution in [2.45, 2.75) is 32.9 Å². The molecular formula is C25H26FN3O4. The zero-order chi connectivity index (χ0) is 23.5. The molecule has 4 rings (SSSR count). The first-order chi connectivity index (χ1) is 15.8. The van der Waals surface area contributed by atoms with Crippen LogP contribution in [-0.4, -0.2) is 41.2 Å². The van der Waals surface area contributed by atoms with Gasteiger partial charge >= 0.3 is 0 Å². The van der Waals surface area contributed by atoms with E-state index in [4.69, 9.17) is 14.0 Å². The van der Waals surface area contributed by atoms with Crippen molar-refractivity contribution in [3.63, 3.8) is 0 Å². The predicted molar refractivity (Wildman–Crippen MR) is 123 cm³/mol. The third kappa shape index (κ3) is 5.00. The minimum absolute atomic E-state index is 0.0291. The standard InChI is InChI=1S/C25H26FN3O4/c1-15(2)32-18-7-5-6-16(10-18)25-21(20-11-17(26)8-9-22(20)27-25)13-24(30)29(3)14-19-12-23(31-4)28-33-19/h5-12,15,27H,13-14H2,1-4H3. The Labute approximate surface area is 191 Å². The molecule has 1 amide bonds. The Morgan fingerprint density at radius 1 is 1.21 bits per heavy atom. The number of amides is 1. The number of H-pyrrole nitrogens is 1. The van der Waals surface area contributed by atoms with Gasteiger partial charge < -0.3 is 23.9 Å². The summed E-state index contributed by atoms with van der Waals surface area (Å²) in [6, 6.07) is 13.8. The summed E-state index contributed by atoms with van der Waals surface area (Å²) < 4.78 is 30.1. The maximum atomic E-state index is 14.1. The van der Waals surface area contributed by atoms with Gasteiger partial charge in [0.15, 0.2) is 5.76 Å². The Hall–Kier alpha value is -3.81. The van der Waals surface area contributed by atoms with Crippen molar-refractivity contribution in [1.82, 2.24) is 15.0 Å². The van der Waals surface area contributed by atoms with Crippen molar-refractivity contribution < 1.29 is 23.2 Å². The molecule has 33 heavy (non-hydrogen) atoms. The molecule has 2 aromatic heterocycles. The number of rotatable bonds is 8. The van der Waals surface area contributed by atoms with Gasteiger partial charge in [-0.1, -0.05) is 12.1 Å². The SMILES string of the molecule is COc1cc(CN(C)C(=O)Cc2c(-c3cccc(OC(C)C)c3)[nH]c3ccc(F)cc23)on1. The fraction of sp³-hybridized carbons (Fsp3) is 0.280. The maximum absolute atomic E-state index is 14.1. The van der Waals surface area contributed by atoms with Gasteiger partial charge in [-0.2, -0.15) is 0 Å². The number of benzene rings is 2. The quantitative estimate of drug-likeness (QED) is 0.410. The van der Waals surface area contributed by atoms with Gasteiger partial charge in [0.2, 0.25) is 5.91 Å². The second-order valence-corrected chi connectivity index (χ2v) is 8.13. The van der Waals surface area contributed by atoms with Crippen LogP contribution in [0.1, 0.15) is 25.2 Å². The fourth-order valence-electron chi connectivity index (χ4n) is 3.72. The minimum atomic E-state index is -0.360. The van der Waals surface area contributed by atoms with E-state index in [0.29, 0.717) is 17.0 Å². The molecule has 0 radical (unpaired) electrons. The molecule has 8 heteroatoms. The number of carbonyl (C=O) groups excluding carboxylic acids is 1. The van der Waals surface area contributed by atoms with Crippen LogP contribution in [0, 0.1) is 5.82 Å². The number of hydrogen-bond acceptors (Lipinski definition) is 5. The number of halogens is 1. The van der Waals surface area contributed by atoms with E-state index in [-0.39, 0.29) is 30.8 Å². The van der Waals surface area contributed by atoms with Crippen LogP contribution in [0.25, 0.3) is 22.2 Å². The molecule has 4 aromatic rings. The number of ether oxygens (including phenoxy) is 2. The summed E-state index contributed by atoms with van der Waals surface area (Å²) in [7, 11) is 3.18. The van der Waals surface area contributed by atoms with E-state index in [1.54, 1.807) is 24.1 Å². The lowest BCUT2D eigenvalue weighted by atomic mass is 10.0. The number of fused-ring (bicyclic) bond motifs is 1. The van der Waals surface area contributed by atoms with Crippen molar-refractivity contribution in [1.29, 1.82) is 0 Å². The monoisotopic (exact) mass is 451 g/mol. The topological polar surface area (TPSA) is 80.6 Å². The van der Waals surface area contributed by atoms with Gasteiger partial charge in [-0.15, -0.1) is 0 Å². The van der Waals surface area contributed by atoms with Gasteiger partial charge in [-0.25, -0.2) is 4.39 Å². The normalized spacial score (nSPS) is 11.2. The Morgan fingerprint density at radius 2 is 2.03 bits per heavy atom. The zero-order valence-electron chi connectivity index (χ0n) is 19.0. The van der Waals surface area contributed by atoms with Gasteiger partial charge in [0.1, 0.15) is 11.6 Å². The van der Waals surface area contributed by atoms with Gasteiger partial charge in [-0.3, -0.25) is 4.79 Å². The van der Waals surface area contributed by atoms with Gasteiger partial charge in [-0.05, 0) is 54.9 Å². The maximum Gasteiger partial charge on any atom is 0.254 e. The number of aromatic nitrogens is 2. The number of carbonyl (C=O) groups is 1. The highest BCUT2D eigenvalue weighted by Gasteiger charge is 2.20. The Bertz CT molecular complexity index is 1280. The molecule has 2 heterocycles. The zero-order valence-corrected chi connectivity index (χ0v) is 19.0. The average molecular weight is 451 g/mol. The lowest BCUT2D eigenvalue weighted by molar-refractivity contribution is -0.129. The highest BCUT2D eigenvalue weighted by atomic mass is 19.1. The van der Waals surface area contributed by atoms with Gasteiger partial charge in [0.05, 0.1) is 31.9 Å². The summed E-state index contributed by atoms with van der Waals surface area (Å²) in [6.45, 7) is 4.16. The van der Waals surface area contributed by atoms with Crippen molar-refractivity contribution in [2.24, 2.45) is 0 Å². The molecule has 0 aliphatic carbocycles. The Kier molecular flexibility index (Phi) is 6.35. The molecule has 0 aliphatic heterocycles. The Balaban J connectivity index is 1.67. The fourth-order valence-corrected chi connectivity index (χ4v) is 3.72. The summed E-state index contributed by atoms with van der Waals surface area (Å²) in [5, 5.41) is 4.43. The molecule has 172 valence electrons. The van der Waals surface area contributed by atoms with E-state index in [9.17, 15) is 9.18 Å². The summed E-state index contributed by atoms with van der Waals surface area (Å²) >= 11 is 0. The highest BCUT2D eigenvalue weighted by molar-refractivity contribution is 5.95. The van der Waals surface area contributed by atoms with Gasteiger partial charge in [0.25, 0.3) is 5.88 Å². The third-order valence-electron chi connectivity index (χ3n) is 5.26. The van der Waals surface area contributed by atoms with Crippen LogP contribution in [0.15, 0.2) is 53.1 Å². The molecule has 0 bridgehead atoms. The minimum Gasteiger partial charge on any atom is -0.491 e. The van der Waals surface area contributed by atoms with Crippen molar-refractivity contribution in [2.75, 3.05) is 14.2 Å². The summed E-state index contributed by atoms with van der Waals surface area (Å²) in [4.78, 5) is 18.0. The van der Waals surface area contributed by atoms with Crippen LogP contribution in [-0.2, 0) is 17.8 Å². The van der Waals surface area contributed by atoms with E-state index in [1.807, 2.05) is 38.1 Å². The average Bonchev–Trinajstić information content (AvgIpc) is 3.38. The predicted octanol–water partition coefficient (Wildman–Crippen LogP) is 4.96. The molecule has 0 unspecified atom stereocenters. The van der Waals surface area contributed by atoms with Crippen LogP contribution in [0.4, 0.5) is 4.39 Å². The van der Waals surface area contributed by atoms with Crippen LogP contribution in [0.5, 0.6) is 11.6 Å². The first-order valence-corrected chi connectivity index (χ1v) is 10.6. The van der Waals surface area contributed by atoms with E-state index in [2.05, 4.69) is 10.1 Å². The largest absolute Gasteiger partial charge is 0.491 e. The second kappa shape index (κ2) is 9.36. The van der Waals surface area contributed by atoms with Crippen LogP contribution >= 0.6 is 0 Å². The third-order valence-corrected chi connectivity index (χ3v) is 5.26. The summed E-state index contributed by atoms with van der Waals surface area (Å²) in [6.07, 6.45) is 0.108. The number of nitrogens with one attached hydrogen (secondary N) is 1. The number of nitrogens with zero attached hydrogens (tertiary/aromatic N) is 2. The lowest BCUT2D eigenvalue weighted by Crippen LogP contribution is -2.27. The number of likely N-dealkylation sites (N-methyl/N-ethyl adjacent to an activating group) is 1. The molecule has 0 aliphatic rings. The van der Waals surface area contributed by atoms with Crippen molar-refractivity contribution in [3.8, 4) is 22.9 Å². The second-order valence-electron chi connectivity index (χ2n) is 8.13. The van der Waals surface area contributed by atoms with Crippen molar-refractivity contribution in [3.05, 3.63) is 65.7 Å². The molecular weight excluding hydrogens is 425 g/mol. The molecule has 0 saturated carbocycles. The number of hydrogen-bond donors (Lipinski definition) is 1. The molecule has 2 aromatic carbocycles. The molecule has 0 fully saturated rings. The van der Waals surface area contributed by atoms with E-state index >= 15 is 0 Å². The van der Waals surface area contributed by atoms with Gasteiger partial charge in [0, 0.05) is 29.6 Å². The highest BCUT2D eigenvalue weighted by Crippen LogP contribution is 2.33. The first-order valence-electron chi connectivity index (χ1n) is 10.6. The van der Waals surface area contributed by atoms with Crippen LogP contribution in [0.3, 0.4) is 0 Å². The number of methoxy groups -OCH3 is 1. The molecule has 0 atom stereocenters. The smallest absolute Gasteiger partial charge is 0.254 e. The first kappa shape index (κ1) is 22.4. The Morgan fingerprint density at radius 3 is 2.76 bits per heavy atom. The summed E-state index contributed by atoms with van der Waals surface area (Å²) in [5.74, 6) is 1.07.